The highest BCUT2D eigenvalue weighted by atomic mass is 35.5. The lowest BCUT2D eigenvalue weighted by atomic mass is 10.1. The van der Waals surface area contributed by atoms with Gasteiger partial charge in [-0.1, -0.05) is 53.5 Å². The van der Waals surface area contributed by atoms with E-state index in [-0.39, 0.29) is 11.7 Å². The zero-order valence-corrected chi connectivity index (χ0v) is 16.8. The molecule has 0 atom stereocenters. The third-order valence-electron chi connectivity index (χ3n) is 4.29. The molecule has 1 amide bonds. The summed E-state index contributed by atoms with van der Waals surface area (Å²) < 4.78 is 1.63. The predicted octanol–water partition coefficient (Wildman–Crippen LogP) is 4.43. The Morgan fingerprint density at radius 1 is 1.07 bits per heavy atom. The molecule has 0 bridgehead atoms. The minimum Gasteiger partial charge on any atom is -0.267 e. The van der Waals surface area contributed by atoms with Gasteiger partial charge in [-0.15, -0.1) is 0 Å². The fourth-order valence-corrected chi connectivity index (χ4v) is 3.25. The molecular formula is C21H15Cl2N5O. The molecule has 8 heteroatoms. The number of aryl methyl sites for hydroxylation is 1. The van der Waals surface area contributed by atoms with Gasteiger partial charge in [0.1, 0.15) is 5.15 Å². The summed E-state index contributed by atoms with van der Waals surface area (Å²) in [5, 5.41) is 9.54. The first kappa shape index (κ1) is 19.1. The fourth-order valence-electron chi connectivity index (χ4n) is 2.80. The first-order valence-electron chi connectivity index (χ1n) is 8.73. The Labute approximate surface area is 177 Å². The third-order valence-corrected chi connectivity index (χ3v) is 4.91. The molecule has 1 N–H and O–H groups in total. The molecule has 0 spiro atoms. The Kier molecular flexibility index (Phi) is 5.29. The number of nitrogens with one attached hydrogen (secondary N) is 1. The summed E-state index contributed by atoms with van der Waals surface area (Å²) in [6.45, 7) is 1.83. The highest BCUT2D eigenvalue weighted by molar-refractivity contribution is 6.33. The zero-order valence-electron chi connectivity index (χ0n) is 15.3. The molecule has 0 aliphatic carbocycles. The van der Waals surface area contributed by atoms with Crippen LogP contribution in [-0.4, -0.2) is 27.7 Å². The number of benzene rings is 2. The van der Waals surface area contributed by atoms with Gasteiger partial charge in [0, 0.05) is 16.8 Å². The molecule has 1 aliphatic rings. The molecule has 3 aromatic rings. The van der Waals surface area contributed by atoms with E-state index in [4.69, 9.17) is 23.2 Å². The van der Waals surface area contributed by atoms with Gasteiger partial charge in [0.05, 0.1) is 17.0 Å². The van der Waals surface area contributed by atoms with E-state index in [1.54, 1.807) is 29.1 Å². The van der Waals surface area contributed by atoms with Crippen LogP contribution in [0.15, 0.2) is 70.3 Å². The number of halogens is 2. The van der Waals surface area contributed by atoms with E-state index >= 15 is 0 Å². The summed E-state index contributed by atoms with van der Waals surface area (Å²) in [7, 11) is 0. The maximum Gasteiger partial charge on any atom is 0.275 e. The van der Waals surface area contributed by atoms with Crippen LogP contribution in [0.1, 0.15) is 16.8 Å². The average Bonchev–Trinajstić information content (AvgIpc) is 3.22. The summed E-state index contributed by atoms with van der Waals surface area (Å²) in [5.74, 6) is -0.0796. The average molecular weight is 424 g/mol. The van der Waals surface area contributed by atoms with E-state index < -0.39 is 0 Å². The Bertz CT molecular complexity index is 1160. The van der Waals surface area contributed by atoms with Crippen LogP contribution in [0, 0.1) is 6.92 Å². The summed E-state index contributed by atoms with van der Waals surface area (Å²) in [6, 6.07) is 16.7. The van der Waals surface area contributed by atoms with Crippen molar-refractivity contribution in [2.45, 2.75) is 6.92 Å². The second kappa shape index (κ2) is 8.03. The maximum absolute atomic E-state index is 12.3. The SMILES string of the molecule is Cc1nn(-c2ccccc2)c(Cl)c1/C=C1\C(=O)NN=C1N=Cc1ccc(Cl)cc1. The van der Waals surface area contributed by atoms with Gasteiger partial charge < -0.3 is 0 Å². The highest BCUT2D eigenvalue weighted by Crippen LogP contribution is 2.26. The molecule has 29 heavy (non-hydrogen) atoms. The molecule has 0 saturated heterocycles. The van der Waals surface area contributed by atoms with Crippen molar-refractivity contribution in [3.8, 4) is 5.69 Å². The standard InChI is InChI=1S/C21H15Cl2N5O/c1-13-17(19(23)28(27-13)16-5-3-2-4-6-16)11-18-20(25-26-21(18)29)24-12-14-7-9-15(22)10-8-14/h2-12H,1H3,(H,26,29)/b18-11-,24-12?. The lowest BCUT2D eigenvalue weighted by Crippen LogP contribution is -2.12. The van der Waals surface area contributed by atoms with Gasteiger partial charge in [0.15, 0.2) is 5.84 Å². The van der Waals surface area contributed by atoms with Crippen molar-refractivity contribution in [2.75, 3.05) is 0 Å². The van der Waals surface area contributed by atoms with Gasteiger partial charge >= 0.3 is 0 Å². The van der Waals surface area contributed by atoms with Crippen molar-refractivity contribution in [2.24, 2.45) is 10.1 Å². The molecule has 2 aromatic carbocycles. The summed E-state index contributed by atoms with van der Waals surface area (Å²) >= 11 is 12.5. The number of para-hydroxylation sites is 1. The van der Waals surface area contributed by atoms with Crippen molar-refractivity contribution in [3.63, 3.8) is 0 Å². The van der Waals surface area contributed by atoms with Crippen molar-refractivity contribution >= 4 is 47.2 Å². The van der Waals surface area contributed by atoms with E-state index in [9.17, 15) is 4.79 Å². The number of hydrogen-bond donors (Lipinski definition) is 1. The molecule has 0 fully saturated rings. The smallest absolute Gasteiger partial charge is 0.267 e. The maximum atomic E-state index is 12.3. The number of aliphatic imine (C=N–C) groups is 1. The van der Waals surface area contributed by atoms with Crippen molar-refractivity contribution in [1.29, 1.82) is 0 Å². The number of hydrogen-bond acceptors (Lipinski definition) is 4. The van der Waals surface area contributed by atoms with Crippen molar-refractivity contribution in [3.05, 3.63) is 87.2 Å². The molecule has 6 nitrogen and oxygen atoms in total. The number of rotatable bonds is 3. The van der Waals surface area contributed by atoms with E-state index in [0.717, 1.165) is 11.3 Å². The van der Waals surface area contributed by atoms with Crippen LogP contribution in [0.3, 0.4) is 0 Å². The molecule has 1 aromatic heterocycles. The quantitative estimate of drug-likeness (QED) is 0.499. The minimum absolute atomic E-state index is 0.271. The van der Waals surface area contributed by atoms with Crippen LogP contribution >= 0.6 is 23.2 Å². The number of nitrogens with zero attached hydrogens (tertiary/aromatic N) is 4. The van der Waals surface area contributed by atoms with Gasteiger partial charge in [0.2, 0.25) is 0 Å². The van der Waals surface area contributed by atoms with Crippen LogP contribution < -0.4 is 5.43 Å². The number of amidine groups is 1. The molecule has 2 heterocycles. The summed E-state index contributed by atoms with van der Waals surface area (Å²) in [6.07, 6.45) is 3.27. The van der Waals surface area contributed by atoms with Gasteiger partial charge in [0.25, 0.3) is 5.91 Å². The summed E-state index contributed by atoms with van der Waals surface area (Å²) in [4.78, 5) is 16.6. The van der Waals surface area contributed by atoms with Crippen LogP contribution in [0.25, 0.3) is 11.8 Å². The van der Waals surface area contributed by atoms with E-state index in [0.29, 0.717) is 27.0 Å². The molecule has 4 rings (SSSR count). The predicted molar refractivity (Wildman–Crippen MR) is 116 cm³/mol. The van der Waals surface area contributed by atoms with Gasteiger partial charge in [-0.25, -0.2) is 15.1 Å². The topological polar surface area (TPSA) is 71.6 Å². The number of aromatic nitrogens is 2. The molecular weight excluding hydrogens is 409 g/mol. The molecule has 1 aliphatic heterocycles. The Morgan fingerprint density at radius 3 is 2.52 bits per heavy atom. The lowest BCUT2D eigenvalue weighted by Gasteiger charge is -2.02. The first-order valence-corrected chi connectivity index (χ1v) is 9.49. The lowest BCUT2D eigenvalue weighted by molar-refractivity contribution is -0.116. The monoisotopic (exact) mass is 423 g/mol. The largest absolute Gasteiger partial charge is 0.275 e. The molecule has 0 saturated carbocycles. The second-order valence-corrected chi connectivity index (χ2v) is 7.08. The normalized spacial score (nSPS) is 15.2. The van der Waals surface area contributed by atoms with Crippen LogP contribution in [0.2, 0.25) is 10.2 Å². The number of carbonyl (C=O) groups is 1. The Morgan fingerprint density at radius 2 is 1.79 bits per heavy atom. The van der Waals surface area contributed by atoms with Crippen LogP contribution in [-0.2, 0) is 4.79 Å². The van der Waals surface area contributed by atoms with Crippen molar-refractivity contribution in [1.82, 2.24) is 15.2 Å². The fraction of sp³-hybridized carbons (Fsp3) is 0.0476. The Balaban J connectivity index is 1.68. The highest BCUT2D eigenvalue weighted by Gasteiger charge is 2.24. The number of carbonyl (C=O) groups excluding carboxylic acids is 1. The molecule has 144 valence electrons. The van der Waals surface area contributed by atoms with E-state index in [2.05, 4.69) is 20.6 Å². The van der Waals surface area contributed by atoms with Crippen LogP contribution in [0.4, 0.5) is 0 Å². The van der Waals surface area contributed by atoms with E-state index in [1.165, 1.54) is 0 Å². The second-order valence-electron chi connectivity index (χ2n) is 6.28. The van der Waals surface area contributed by atoms with Gasteiger partial charge in [-0.05, 0) is 42.8 Å². The zero-order chi connectivity index (χ0) is 20.4. The van der Waals surface area contributed by atoms with Gasteiger partial charge in [-0.3, -0.25) is 4.79 Å². The number of hydrazone groups is 1. The van der Waals surface area contributed by atoms with Crippen LogP contribution in [0.5, 0.6) is 0 Å². The first-order chi connectivity index (χ1) is 14.0. The van der Waals surface area contributed by atoms with Crippen molar-refractivity contribution < 1.29 is 4.79 Å². The Hall–Kier alpha value is -3.22. The molecule has 0 unspecified atom stereocenters. The molecule has 0 radical (unpaired) electrons. The third kappa shape index (κ3) is 3.99. The number of amides is 1. The summed E-state index contributed by atoms with van der Waals surface area (Å²) in [5.41, 5.74) is 5.74. The van der Waals surface area contributed by atoms with Gasteiger partial charge in [-0.2, -0.15) is 10.2 Å². The minimum atomic E-state index is -0.351. The van der Waals surface area contributed by atoms with E-state index in [1.807, 2.05) is 49.4 Å².